The van der Waals surface area contributed by atoms with E-state index in [0.29, 0.717) is 6.42 Å². The number of likely N-dealkylation sites (tertiary alicyclic amines) is 1. The highest BCUT2D eigenvalue weighted by molar-refractivity contribution is 5.90. The van der Waals surface area contributed by atoms with Crippen molar-refractivity contribution in [3.63, 3.8) is 0 Å². The van der Waals surface area contributed by atoms with Gasteiger partial charge in [0, 0.05) is 25.2 Å². The van der Waals surface area contributed by atoms with Crippen LogP contribution in [0.2, 0.25) is 0 Å². The Morgan fingerprint density at radius 2 is 1.73 bits per heavy atom. The molecule has 138 valence electrons. The Labute approximate surface area is 157 Å². The van der Waals surface area contributed by atoms with Gasteiger partial charge >= 0.3 is 0 Å². The second-order valence-electron chi connectivity index (χ2n) is 7.39. The van der Waals surface area contributed by atoms with Gasteiger partial charge in [0.25, 0.3) is 0 Å². The number of anilines is 1. The maximum Gasteiger partial charge on any atom is 0.224 e. The second-order valence-corrected chi connectivity index (χ2v) is 7.39. The van der Waals surface area contributed by atoms with E-state index in [1.807, 2.05) is 30.3 Å². The third-order valence-electron chi connectivity index (χ3n) is 5.18. The highest BCUT2D eigenvalue weighted by Gasteiger charge is 2.19. The third kappa shape index (κ3) is 6.30. The van der Waals surface area contributed by atoms with Gasteiger partial charge in [-0.25, -0.2) is 0 Å². The fourth-order valence-corrected chi connectivity index (χ4v) is 3.84. The Morgan fingerprint density at radius 3 is 2.50 bits per heavy atom. The number of nitrogens with zero attached hydrogens (tertiary/aromatic N) is 1. The lowest BCUT2D eigenvalue weighted by atomic mass is 9.92. The molecule has 26 heavy (non-hydrogen) atoms. The Hall–Kier alpha value is -2.13. The minimum Gasteiger partial charge on any atom is -0.326 e. The molecular weight excluding hydrogens is 320 g/mol. The minimum absolute atomic E-state index is 0.130. The van der Waals surface area contributed by atoms with Gasteiger partial charge in [0.05, 0.1) is 0 Å². The molecule has 3 nitrogen and oxygen atoms in total. The van der Waals surface area contributed by atoms with E-state index in [2.05, 4.69) is 40.5 Å². The fraction of sp³-hybridized carbons (Fsp3) is 0.435. The summed E-state index contributed by atoms with van der Waals surface area (Å²) in [6.45, 7) is 3.48. The van der Waals surface area contributed by atoms with Crippen molar-refractivity contribution in [1.29, 1.82) is 0 Å². The monoisotopic (exact) mass is 350 g/mol. The lowest BCUT2D eigenvalue weighted by Gasteiger charge is -2.32. The Morgan fingerprint density at radius 1 is 1.00 bits per heavy atom. The first-order chi connectivity index (χ1) is 12.8. The predicted molar refractivity (Wildman–Crippen MR) is 108 cm³/mol. The number of amides is 1. The quantitative estimate of drug-likeness (QED) is 0.672. The standard InChI is InChI=1S/C23H30N2O/c26-23(24-22-14-5-2-6-15-22)16-8-7-12-21-13-9-17-25(19-21)18-20-10-3-1-4-11-20/h1-6,10-11,14-15,21H,7-9,12-13,16-19H2,(H,24,26). The SMILES string of the molecule is O=C(CCCCC1CCCN(Cc2ccccc2)C1)Nc1ccccc1. The molecular formula is C23H30N2O. The maximum absolute atomic E-state index is 12.0. The lowest BCUT2D eigenvalue weighted by molar-refractivity contribution is -0.116. The summed E-state index contributed by atoms with van der Waals surface area (Å²) in [7, 11) is 0. The summed E-state index contributed by atoms with van der Waals surface area (Å²) < 4.78 is 0. The molecule has 2 aromatic rings. The van der Waals surface area contributed by atoms with Crippen LogP contribution in [0.1, 0.15) is 44.1 Å². The topological polar surface area (TPSA) is 32.3 Å². The Kier molecular flexibility index (Phi) is 7.26. The van der Waals surface area contributed by atoms with E-state index < -0.39 is 0 Å². The van der Waals surface area contributed by atoms with E-state index in [-0.39, 0.29) is 5.91 Å². The fourth-order valence-electron chi connectivity index (χ4n) is 3.84. The maximum atomic E-state index is 12.0. The number of benzene rings is 2. The normalized spacial score (nSPS) is 17.8. The number of nitrogens with one attached hydrogen (secondary N) is 1. The number of hydrogen-bond acceptors (Lipinski definition) is 2. The molecule has 0 aliphatic carbocycles. The van der Waals surface area contributed by atoms with Gasteiger partial charge in [-0.1, -0.05) is 55.0 Å². The van der Waals surface area contributed by atoms with E-state index in [0.717, 1.165) is 31.0 Å². The van der Waals surface area contributed by atoms with Gasteiger partial charge in [-0.3, -0.25) is 9.69 Å². The molecule has 0 bridgehead atoms. The van der Waals surface area contributed by atoms with Crippen molar-refractivity contribution in [3.05, 3.63) is 66.2 Å². The van der Waals surface area contributed by atoms with Crippen molar-refractivity contribution in [1.82, 2.24) is 4.90 Å². The van der Waals surface area contributed by atoms with Crippen molar-refractivity contribution in [3.8, 4) is 0 Å². The smallest absolute Gasteiger partial charge is 0.224 e. The zero-order chi connectivity index (χ0) is 18.0. The highest BCUT2D eigenvalue weighted by Crippen LogP contribution is 2.23. The molecule has 1 N–H and O–H groups in total. The van der Waals surface area contributed by atoms with Crippen molar-refractivity contribution in [2.75, 3.05) is 18.4 Å². The first-order valence-corrected chi connectivity index (χ1v) is 9.91. The molecule has 1 atom stereocenters. The van der Waals surface area contributed by atoms with Crippen LogP contribution >= 0.6 is 0 Å². The Balaban J connectivity index is 1.32. The molecule has 1 saturated heterocycles. The number of carbonyl (C=O) groups is 1. The van der Waals surface area contributed by atoms with Gasteiger partial charge in [0.2, 0.25) is 5.91 Å². The van der Waals surface area contributed by atoms with Crippen LogP contribution in [0.15, 0.2) is 60.7 Å². The van der Waals surface area contributed by atoms with Crippen molar-refractivity contribution in [2.45, 2.75) is 45.1 Å². The van der Waals surface area contributed by atoms with Crippen LogP contribution in [0, 0.1) is 5.92 Å². The van der Waals surface area contributed by atoms with E-state index >= 15 is 0 Å². The van der Waals surface area contributed by atoms with Crippen LogP contribution in [0.3, 0.4) is 0 Å². The zero-order valence-electron chi connectivity index (χ0n) is 15.6. The molecule has 0 aromatic heterocycles. The van der Waals surface area contributed by atoms with Crippen LogP contribution in [-0.4, -0.2) is 23.9 Å². The molecule has 1 amide bonds. The molecule has 1 unspecified atom stereocenters. The molecule has 1 fully saturated rings. The minimum atomic E-state index is 0.130. The lowest BCUT2D eigenvalue weighted by Crippen LogP contribution is -2.34. The summed E-state index contributed by atoms with van der Waals surface area (Å²) in [4.78, 5) is 14.6. The average Bonchev–Trinajstić information content (AvgIpc) is 2.67. The predicted octanol–water partition coefficient (Wildman–Crippen LogP) is 5.10. The second kappa shape index (κ2) is 10.1. The van der Waals surface area contributed by atoms with Crippen LogP contribution in [0.25, 0.3) is 0 Å². The van der Waals surface area contributed by atoms with Crippen molar-refractivity contribution < 1.29 is 4.79 Å². The number of para-hydroxylation sites is 1. The van der Waals surface area contributed by atoms with E-state index in [1.54, 1.807) is 0 Å². The molecule has 1 aliphatic rings. The summed E-state index contributed by atoms with van der Waals surface area (Å²) in [5.74, 6) is 0.912. The summed E-state index contributed by atoms with van der Waals surface area (Å²) in [6, 6.07) is 20.5. The molecule has 2 aromatic carbocycles. The summed E-state index contributed by atoms with van der Waals surface area (Å²) in [5, 5.41) is 2.97. The van der Waals surface area contributed by atoms with Crippen molar-refractivity contribution in [2.24, 2.45) is 5.92 Å². The van der Waals surface area contributed by atoms with E-state index in [9.17, 15) is 4.79 Å². The number of piperidine rings is 1. The summed E-state index contributed by atoms with van der Waals surface area (Å²) in [6.07, 6.45) is 6.62. The van der Waals surface area contributed by atoms with Crippen LogP contribution in [0.4, 0.5) is 5.69 Å². The summed E-state index contributed by atoms with van der Waals surface area (Å²) >= 11 is 0. The first kappa shape index (κ1) is 18.7. The van der Waals surface area contributed by atoms with Crippen molar-refractivity contribution >= 4 is 11.6 Å². The zero-order valence-corrected chi connectivity index (χ0v) is 15.6. The number of carbonyl (C=O) groups excluding carboxylic acids is 1. The molecule has 3 rings (SSSR count). The number of unbranched alkanes of at least 4 members (excludes halogenated alkanes) is 1. The molecule has 1 aliphatic heterocycles. The molecule has 0 spiro atoms. The van der Waals surface area contributed by atoms with Gasteiger partial charge in [0.15, 0.2) is 0 Å². The van der Waals surface area contributed by atoms with Crippen LogP contribution in [0.5, 0.6) is 0 Å². The molecule has 3 heteroatoms. The molecule has 0 radical (unpaired) electrons. The van der Waals surface area contributed by atoms with Crippen LogP contribution < -0.4 is 5.32 Å². The van der Waals surface area contributed by atoms with Gasteiger partial charge in [-0.05, 0) is 55.8 Å². The molecule has 0 saturated carbocycles. The van der Waals surface area contributed by atoms with Gasteiger partial charge in [-0.2, -0.15) is 0 Å². The number of hydrogen-bond donors (Lipinski definition) is 1. The van der Waals surface area contributed by atoms with Gasteiger partial charge in [0.1, 0.15) is 0 Å². The average molecular weight is 351 g/mol. The van der Waals surface area contributed by atoms with Crippen LogP contribution in [-0.2, 0) is 11.3 Å². The summed E-state index contributed by atoms with van der Waals surface area (Å²) in [5.41, 5.74) is 2.30. The number of rotatable bonds is 8. The Bertz CT molecular complexity index is 656. The van der Waals surface area contributed by atoms with Gasteiger partial charge in [-0.15, -0.1) is 0 Å². The van der Waals surface area contributed by atoms with Gasteiger partial charge < -0.3 is 5.32 Å². The highest BCUT2D eigenvalue weighted by atomic mass is 16.1. The first-order valence-electron chi connectivity index (χ1n) is 9.91. The molecule has 1 heterocycles. The largest absolute Gasteiger partial charge is 0.326 e. The third-order valence-corrected chi connectivity index (χ3v) is 5.18. The van der Waals surface area contributed by atoms with E-state index in [4.69, 9.17) is 0 Å². The van der Waals surface area contributed by atoms with E-state index in [1.165, 1.54) is 37.9 Å².